The van der Waals surface area contributed by atoms with E-state index in [0.29, 0.717) is 18.9 Å². The first-order valence-corrected chi connectivity index (χ1v) is 6.68. The first-order valence-electron chi connectivity index (χ1n) is 6.68. The molecule has 0 aliphatic carbocycles. The Morgan fingerprint density at radius 3 is 2.26 bits per heavy atom. The maximum absolute atomic E-state index is 11.5. The minimum absolute atomic E-state index is 0.0257. The molecule has 0 heterocycles. The molecule has 1 aromatic rings. The van der Waals surface area contributed by atoms with Crippen LogP contribution in [-0.2, 0) is 19.1 Å². The normalized spacial score (nSPS) is 10.4. The molecule has 124 valence electrons. The molecule has 1 rings (SSSR count). The number of hydrogen-bond acceptors (Lipinski definition) is 7. The molecule has 0 spiro atoms. The Morgan fingerprint density at radius 1 is 1.00 bits per heavy atom. The van der Waals surface area contributed by atoms with Crippen LogP contribution in [0.15, 0.2) is 30.4 Å². The lowest BCUT2D eigenvalue weighted by molar-refractivity contribution is -0.139. The fourth-order valence-electron chi connectivity index (χ4n) is 1.54. The number of ether oxygens (including phenoxy) is 2. The number of benzene rings is 1. The van der Waals surface area contributed by atoms with Crippen LogP contribution in [0.1, 0.15) is 19.3 Å². The molecule has 0 unspecified atom stereocenters. The number of aliphatic carboxylic acids is 1. The van der Waals surface area contributed by atoms with Gasteiger partial charge >= 0.3 is 17.9 Å². The topological polar surface area (TPSA) is 130 Å². The van der Waals surface area contributed by atoms with Crippen LogP contribution in [0.5, 0.6) is 17.2 Å². The SMILES string of the molecule is O=C(O)/C=C/C(=O)OCCCCC(=O)Oc1cc(O)cc(O)c1. The van der Waals surface area contributed by atoms with Gasteiger partial charge in [-0.25, -0.2) is 9.59 Å². The summed E-state index contributed by atoms with van der Waals surface area (Å²) in [6, 6.07) is 3.48. The molecule has 0 bridgehead atoms. The predicted molar refractivity (Wildman–Crippen MR) is 77.0 cm³/mol. The number of hydrogen-bond donors (Lipinski definition) is 3. The number of unbranched alkanes of at least 4 members (excludes halogenated alkanes) is 1. The number of phenolic OH excluding ortho intramolecular Hbond substituents is 2. The van der Waals surface area contributed by atoms with Gasteiger partial charge in [0.2, 0.25) is 0 Å². The van der Waals surface area contributed by atoms with Gasteiger partial charge in [0.1, 0.15) is 17.2 Å². The number of esters is 2. The zero-order chi connectivity index (χ0) is 17.2. The summed E-state index contributed by atoms with van der Waals surface area (Å²) in [7, 11) is 0. The smallest absolute Gasteiger partial charge is 0.331 e. The van der Waals surface area contributed by atoms with Crippen molar-refractivity contribution in [2.45, 2.75) is 19.3 Å². The third-order valence-electron chi connectivity index (χ3n) is 2.49. The van der Waals surface area contributed by atoms with Gasteiger partial charge in [0.15, 0.2) is 0 Å². The van der Waals surface area contributed by atoms with Gasteiger partial charge in [-0.2, -0.15) is 0 Å². The van der Waals surface area contributed by atoms with Crippen molar-refractivity contribution in [1.82, 2.24) is 0 Å². The summed E-state index contributed by atoms with van der Waals surface area (Å²) < 4.78 is 9.64. The Hall–Kier alpha value is -3.03. The van der Waals surface area contributed by atoms with E-state index in [4.69, 9.17) is 14.6 Å². The van der Waals surface area contributed by atoms with Crippen molar-refractivity contribution < 1.29 is 39.2 Å². The summed E-state index contributed by atoms with van der Waals surface area (Å²) in [5, 5.41) is 26.8. The number of carbonyl (C=O) groups excluding carboxylic acids is 2. The predicted octanol–water partition coefficient (Wildman–Crippen LogP) is 1.36. The Morgan fingerprint density at radius 2 is 1.65 bits per heavy atom. The van der Waals surface area contributed by atoms with Crippen LogP contribution >= 0.6 is 0 Å². The van der Waals surface area contributed by atoms with Crippen LogP contribution < -0.4 is 4.74 Å². The number of carboxylic acid groups (broad SMARTS) is 1. The largest absolute Gasteiger partial charge is 0.508 e. The molecule has 8 heteroatoms. The monoisotopic (exact) mass is 324 g/mol. The van der Waals surface area contributed by atoms with E-state index >= 15 is 0 Å². The maximum atomic E-state index is 11.5. The number of phenols is 2. The average molecular weight is 324 g/mol. The second-order valence-corrected chi connectivity index (χ2v) is 4.46. The van der Waals surface area contributed by atoms with E-state index in [1.165, 1.54) is 12.1 Å². The van der Waals surface area contributed by atoms with E-state index < -0.39 is 17.9 Å². The van der Waals surface area contributed by atoms with Crippen molar-refractivity contribution >= 4 is 17.9 Å². The zero-order valence-electron chi connectivity index (χ0n) is 12.1. The third-order valence-corrected chi connectivity index (χ3v) is 2.49. The Balaban J connectivity index is 2.22. The highest BCUT2D eigenvalue weighted by atomic mass is 16.5. The van der Waals surface area contributed by atoms with Crippen molar-refractivity contribution in [2.24, 2.45) is 0 Å². The van der Waals surface area contributed by atoms with Crippen LogP contribution in [-0.4, -0.2) is 39.8 Å². The highest BCUT2D eigenvalue weighted by Gasteiger charge is 2.07. The molecule has 1 aromatic carbocycles. The lowest BCUT2D eigenvalue weighted by atomic mass is 10.2. The van der Waals surface area contributed by atoms with Crippen molar-refractivity contribution in [3.05, 3.63) is 30.4 Å². The van der Waals surface area contributed by atoms with Crippen molar-refractivity contribution in [3.8, 4) is 17.2 Å². The molecule has 0 aromatic heterocycles. The second-order valence-electron chi connectivity index (χ2n) is 4.46. The van der Waals surface area contributed by atoms with E-state index in [1.807, 2.05) is 0 Å². The van der Waals surface area contributed by atoms with E-state index in [2.05, 4.69) is 0 Å². The molecule has 0 aliphatic heterocycles. The van der Waals surface area contributed by atoms with E-state index in [0.717, 1.165) is 12.1 Å². The van der Waals surface area contributed by atoms with E-state index in [9.17, 15) is 24.6 Å². The highest BCUT2D eigenvalue weighted by molar-refractivity contribution is 5.90. The number of carboxylic acids is 1. The molecule has 0 saturated carbocycles. The molecule has 3 N–H and O–H groups in total. The summed E-state index contributed by atoms with van der Waals surface area (Å²) in [5.41, 5.74) is 0. The van der Waals surface area contributed by atoms with Crippen molar-refractivity contribution in [1.29, 1.82) is 0 Å². The summed E-state index contributed by atoms with van der Waals surface area (Å²) in [5.74, 6) is -3.01. The molecule has 8 nitrogen and oxygen atoms in total. The molecule has 0 fully saturated rings. The first-order chi connectivity index (χ1) is 10.9. The molecular weight excluding hydrogens is 308 g/mol. The Labute approximate surface area is 131 Å². The van der Waals surface area contributed by atoms with Gasteiger partial charge in [-0.15, -0.1) is 0 Å². The lowest BCUT2D eigenvalue weighted by Crippen LogP contribution is -2.09. The molecule has 23 heavy (non-hydrogen) atoms. The van der Waals surface area contributed by atoms with Crippen LogP contribution in [0.4, 0.5) is 0 Å². The molecule has 0 amide bonds. The summed E-state index contributed by atoms with van der Waals surface area (Å²) >= 11 is 0. The second kappa shape index (κ2) is 9.08. The standard InChI is InChI=1S/C15H16O8/c16-10-7-11(17)9-12(8-10)23-15(21)3-1-2-6-22-14(20)5-4-13(18)19/h4-5,7-9,16-17H,1-3,6H2,(H,18,19)/b5-4+. The fourth-order valence-corrected chi connectivity index (χ4v) is 1.54. The molecule has 0 saturated heterocycles. The van der Waals surface area contributed by atoms with Gasteiger partial charge in [-0.05, 0) is 12.8 Å². The first kappa shape index (κ1) is 18.0. The van der Waals surface area contributed by atoms with Crippen LogP contribution in [0, 0.1) is 0 Å². The molecule has 0 radical (unpaired) electrons. The number of carbonyl (C=O) groups is 3. The van der Waals surface area contributed by atoms with E-state index in [-0.39, 0.29) is 30.3 Å². The number of aromatic hydroxyl groups is 2. The van der Waals surface area contributed by atoms with Gasteiger partial charge in [0.05, 0.1) is 6.61 Å². The summed E-state index contributed by atoms with van der Waals surface area (Å²) in [4.78, 5) is 32.7. The maximum Gasteiger partial charge on any atom is 0.331 e. The van der Waals surface area contributed by atoms with Crippen molar-refractivity contribution in [3.63, 3.8) is 0 Å². The average Bonchev–Trinajstić information content (AvgIpc) is 2.43. The van der Waals surface area contributed by atoms with Gasteiger partial charge in [0, 0.05) is 36.8 Å². The zero-order valence-corrected chi connectivity index (χ0v) is 12.1. The summed E-state index contributed by atoms with van der Waals surface area (Å²) in [6.45, 7) is 0.0446. The molecule has 0 atom stereocenters. The molecule has 0 aliphatic rings. The number of rotatable bonds is 8. The fraction of sp³-hybridized carbons (Fsp3) is 0.267. The van der Waals surface area contributed by atoms with Crippen LogP contribution in [0.2, 0.25) is 0 Å². The van der Waals surface area contributed by atoms with Gasteiger partial charge in [-0.1, -0.05) is 0 Å². The summed E-state index contributed by atoms with van der Waals surface area (Å²) in [6.07, 6.45) is 2.31. The highest BCUT2D eigenvalue weighted by Crippen LogP contribution is 2.26. The van der Waals surface area contributed by atoms with Gasteiger partial charge < -0.3 is 24.8 Å². The van der Waals surface area contributed by atoms with Gasteiger partial charge in [-0.3, -0.25) is 4.79 Å². The lowest BCUT2D eigenvalue weighted by Gasteiger charge is -2.05. The Kier molecular flexibility index (Phi) is 7.12. The van der Waals surface area contributed by atoms with Crippen LogP contribution in [0.3, 0.4) is 0 Å². The van der Waals surface area contributed by atoms with Gasteiger partial charge in [0.25, 0.3) is 0 Å². The van der Waals surface area contributed by atoms with Crippen LogP contribution in [0.25, 0.3) is 0 Å². The minimum atomic E-state index is -1.25. The third kappa shape index (κ3) is 8.10. The van der Waals surface area contributed by atoms with E-state index in [1.54, 1.807) is 0 Å². The van der Waals surface area contributed by atoms with Crippen molar-refractivity contribution in [2.75, 3.05) is 6.61 Å². The molecular formula is C15H16O8. The Bertz CT molecular complexity index is 585. The minimum Gasteiger partial charge on any atom is -0.508 e. The quantitative estimate of drug-likeness (QED) is 0.283.